The molecule has 2 rings (SSSR count). The van der Waals surface area contributed by atoms with Gasteiger partial charge in [0, 0.05) is 4.88 Å². The average Bonchev–Trinajstić information content (AvgIpc) is 2.52. The minimum absolute atomic E-state index is 0.603. The Morgan fingerprint density at radius 3 is 2.60 bits per heavy atom. The number of thiophene rings is 1. The van der Waals surface area contributed by atoms with Gasteiger partial charge in [-0.2, -0.15) is 0 Å². The second-order valence-corrected chi connectivity index (χ2v) is 6.08. The average molecular weight is 303 g/mol. The molecule has 1 aromatic heterocycles. The van der Waals surface area contributed by atoms with Crippen LogP contribution in [0.3, 0.4) is 0 Å². The van der Waals surface area contributed by atoms with E-state index in [-0.39, 0.29) is 0 Å². The van der Waals surface area contributed by atoms with Crippen LogP contribution in [0.25, 0.3) is 10.4 Å². The van der Waals surface area contributed by atoms with E-state index >= 15 is 0 Å². The van der Waals surface area contributed by atoms with Crippen LogP contribution in [0.5, 0.6) is 0 Å². The molecule has 2 aromatic rings. The quantitative estimate of drug-likeness (QED) is 0.758. The van der Waals surface area contributed by atoms with Crippen molar-refractivity contribution in [3.05, 3.63) is 38.6 Å². The van der Waals surface area contributed by atoms with Gasteiger partial charge in [-0.1, -0.05) is 17.7 Å². The molecule has 0 aliphatic carbocycles. The lowest BCUT2D eigenvalue weighted by Gasteiger charge is -2.01. The maximum atomic E-state index is 5.87. The normalized spacial score (nSPS) is 10.6. The smallest absolute Gasteiger partial charge is 0.0734 e. The Bertz CT molecular complexity index is 488. The molecule has 0 bridgehead atoms. The van der Waals surface area contributed by atoms with E-state index in [1.165, 1.54) is 10.4 Å². The molecule has 0 aliphatic rings. The van der Waals surface area contributed by atoms with Gasteiger partial charge in [-0.25, -0.2) is 0 Å². The summed E-state index contributed by atoms with van der Waals surface area (Å²) in [6, 6.07) is 7.85. The van der Waals surface area contributed by atoms with Crippen molar-refractivity contribution in [2.45, 2.75) is 6.92 Å². The lowest BCUT2D eigenvalue weighted by molar-refractivity contribution is 1.52. The van der Waals surface area contributed by atoms with Gasteiger partial charge < -0.3 is 5.73 Å². The minimum atomic E-state index is 0.603. The molecule has 1 aromatic carbocycles. The molecule has 0 amide bonds. The third kappa shape index (κ3) is 2.19. The lowest BCUT2D eigenvalue weighted by atomic mass is 10.1. The molecule has 4 heteroatoms. The lowest BCUT2D eigenvalue weighted by Crippen LogP contribution is -1.85. The highest BCUT2D eigenvalue weighted by Gasteiger charge is 2.06. The maximum Gasteiger partial charge on any atom is 0.0734 e. The first kappa shape index (κ1) is 11.0. The van der Waals surface area contributed by atoms with Crippen LogP contribution >= 0.6 is 38.9 Å². The van der Waals surface area contributed by atoms with Gasteiger partial charge in [-0.3, -0.25) is 0 Å². The standard InChI is InChI=1S/C11H9BrClNS/c1-6-4-10(15-11(6)12)7-2-3-8(13)9(14)5-7/h2-5H,14H2,1H3. The minimum Gasteiger partial charge on any atom is -0.398 e. The summed E-state index contributed by atoms with van der Waals surface area (Å²) >= 11 is 11.1. The molecule has 78 valence electrons. The zero-order chi connectivity index (χ0) is 11.0. The maximum absolute atomic E-state index is 5.87. The Kier molecular flexibility index (Phi) is 3.05. The van der Waals surface area contributed by atoms with E-state index < -0.39 is 0 Å². The van der Waals surface area contributed by atoms with Gasteiger partial charge in [0.05, 0.1) is 14.5 Å². The van der Waals surface area contributed by atoms with Gasteiger partial charge in [0.25, 0.3) is 0 Å². The highest BCUT2D eigenvalue weighted by atomic mass is 79.9. The molecular formula is C11H9BrClNS. The number of nitrogen functional groups attached to an aromatic ring is 1. The van der Waals surface area contributed by atoms with E-state index in [1.54, 1.807) is 11.3 Å². The summed E-state index contributed by atoms with van der Waals surface area (Å²) in [5.74, 6) is 0. The summed E-state index contributed by atoms with van der Waals surface area (Å²) in [6.45, 7) is 2.07. The van der Waals surface area contributed by atoms with Crippen LogP contribution < -0.4 is 5.73 Å². The summed E-state index contributed by atoms with van der Waals surface area (Å²) in [6.07, 6.45) is 0. The van der Waals surface area contributed by atoms with Crippen molar-refractivity contribution < 1.29 is 0 Å². The number of anilines is 1. The van der Waals surface area contributed by atoms with E-state index in [4.69, 9.17) is 17.3 Å². The van der Waals surface area contributed by atoms with Crippen LogP contribution in [-0.4, -0.2) is 0 Å². The number of hydrogen-bond donors (Lipinski definition) is 1. The first-order valence-corrected chi connectivity index (χ1v) is 6.38. The molecule has 0 saturated heterocycles. The number of hydrogen-bond acceptors (Lipinski definition) is 2. The van der Waals surface area contributed by atoms with Crippen LogP contribution in [-0.2, 0) is 0 Å². The second-order valence-electron chi connectivity index (χ2n) is 3.30. The molecule has 0 spiro atoms. The third-order valence-electron chi connectivity index (χ3n) is 2.14. The van der Waals surface area contributed by atoms with Crippen molar-refractivity contribution in [3.8, 4) is 10.4 Å². The Morgan fingerprint density at radius 1 is 1.33 bits per heavy atom. The van der Waals surface area contributed by atoms with Crippen molar-refractivity contribution in [2.75, 3.05) is 5.73 Å². The Balaban J connectivity index is 2.49. The van der Waals surface area contributed by atoms with Gasteiger partial charge in [0.15, 0.2) is 0 Å². The van der Waals surface area contributed by atoms with Gasteiger partial charge in [-0.15, -0.1) is 11.3 Å². The van der Waals surface area contributed by atoms with Gasteiger partial charge in [0.1, 0.15) is 0 Å². The summed E-state index contributed by atoms with van der Waals surface area (Å²) in [5.41, 5.74) is 8.73. The summed E-state index contributed by atoms with van der Waals surface area (Å²) in [4.78, 5) is 1.20. The molecule has 2 N–H and O–H groups in total. The van der Waals surface area contributed by atoms with Crippen molar-refractivity contribution in [1.29, 1.82) is 0 Å². The molecule has 0 radical (unpaired) electrons. The first-order valence-electron chi connectivity index (χ1n) is 4.39. The molecule has 0 unspecified atom stereocenters. The number of aryl methyl sites for hydroxylation is 1. The van der Waals surface area contributed by atoms with Crippen molar-refractivity contribution in [3.63, 3.8) is 0 Å². The Morgan fingerprint density at radius 2 is 2.07 bits per heavy atom. The topological polar surface area (TPSA) is 26.0 Å². The highest BCUT2D eigenvalue weighted by molar-refractivity contribution is 9.11. The molecule has 0 aliphatic heterocycles. The largest absolute Gasteiger partial charge is 0.398 e. The number of halogens is 2. The van der Waals surface area contributed by atoms with E-state index in [9.17, 15) is 0 Å². The molecular weight excluding hydrogens is 294 g/mol. The fourth-order valence-corrected chi connectivity index (χ4v) is 2.95. The van der Waals surface area contributed by atoms with Crippen LogP contribution in [0.15, 0.2) is 28.1 Å². The van der Waals surface area contributed by atoms with Gasteiger partial charge >= 0.3 is 0 Å². The zero-order valence-corrected chi connectivity index (χ0v) is 11.2. The van der Waals surface area contributed by atoms with E-state index in [2.05, 4.69) is 28.9 Å². The van der Waals surface area contributed by atoms with E-state index in [1.807, 2.05) is 18.2 Å². The van der Waals surface area contributed by atoms with Crippen LogP contribution in [0.1, 0.15) is 5.56 Å². The molecule has 0 saturated carbocycles. The Labute approximate surface area is 106 Å². The monoisotopic (exact) mass is 301 g/mol. The fraction of sp³-hybridized carbons (Fsp3) is 0.0909. The predicted molar refractivity (Wildman–Crippen MR) is 71.6 cm³/mol. The second kappa shape index (κ2) is 4.16. The van der Waals surface area contributed by atoms with Crippen LogP contribution in [0.4, 0.5) is 5.69 Å². The Hall–Kier alpha value is -0.510. The number of rotatable bonds is 1. The molecule has 0 fully saturated rings. The molecule has 1 heterocycles. The van der Waals surface area contributed by atoms with Crippen molar-refractivity contribution >= 4 is 44.6 Å². The number of benzene rings is 1. The molecule has 0 atom stereocenters. The zero-order valence-electron chi connectivity index (χ0n) is 8.05. The SMILES string of the molecule is Cc1cc(-c2ccc(Cl)c(N)c2)sc1Br. The van der Waals surface area contributed by atoms with E-state index in [0.29, 0.717) is 10.7 Å². The third-order valence-corrected chi connectivity index (χ3v) is 4.67. The van der Waals surface area contributed by atoms with Crippen molar-refractivity contribution in [2.24, 2.45) is 0 Å². The molecule has 1 nitrogen and oxygen atoms in total. The highest BCUT2D eigenvalue weighted by Crippen LogP contribution is 2.36. The van der Waals surface area contributed by atoms with Crippen LogP contribution in [0.2, 0.25) is 5.02 Å². The van der Waals surface area contributed by atoms with Crippen LogP contribution in [0, 0.1) is 6.92 Å². The summed E-state index contributed by atoms with van der Waals surface area (Å²) < 4.78 is 1.16. The van der Waals surface area contributed by atoms with Gasteiger partial charge in [-0.05, 0) is 52.2 Å². The fourth-order valence-electron chi connectivity index (χ4n) is 1.30. The molecule has 15 heavy (non-hydrogen) atoms. The van der Waals surface area contributed by atoms with Gasteiger partial charge in [0.2, 0.25) is 0 Å². The van der Waals surface area contributed by atoms with E-state index in [0.717, 1.165) is 9.35 Å². The predicted octanol–water partition coefficient (Wildman–Crippen LogP) is 4.72. The first-order chi connectivity index (χ1) is 7.08. The summed E-state index contributed by atoms with van der Waals surface area (Å²) in [7, 11) is 0. The summed E-state index contributed by atoms with van der Waals surface area (Å²) in [5, 5.41) is 0.603. The van der Waals surface area contributed by atoms with Crippen molar-refractivity contribution in [1.82, 2.24) is 0 Å². The number of nitrogens with two attached hydrogens (primary N) is 1.